The maximum atomic E-state index is 11.7. The van der Waals surface area contributed by atoms with Crippen LogP contribution < -0.4 is 15.4 Å². The third-order valence-electron chi connectivity index (χ3n) is 5.22. The van der Waals surface area contributed by atoms with Gasteiger partial charge in [-0.05, 0) is 57.1 Å². The second kappa shape index (κ2) is 10.9. The highest BCUT2D eigenvalue weighted by Crippen LogP contribution is 2.23. The quantitative estimate of drug-likeness (QED) is 0.387. The molecule has 1 aromatic heterocycles. The van der Waals surface area contributed by atoms with E-state index in [0.29, 0.717) is 24.9 Å². The summed E-state index contributed by atoms with van der Waals surface area (Å²) >= 11 is 0. The van der Waals surface area contributed by atoms with Crippen LogP contribution in [0.15, 0.2) is 23.3 Å². The number of hydrogen-bond acceptors (Lipinski definition) is 4. The first-order valence-corrected chi connectivity index (χ1v) is 10.7. The SMILES string of the molecule is CCNC(=NCc1ccnc(OC2CCCC2)c1)NCCCN1CCCC1=O. The van der Waals surface area contributed by atoms with Crippen LogP contribution >= 0.6 is 0 Å². The number of hydrogen-bond donors (Lipinski definition) is 2. The fraction of sp³-hybridized carbons (Fsp3) is 0.667. The fourth-order valence-corrected chi connectivity index (χ4v) is 3.72. The number of carbonyl (C=O) groups excluding carboxylic acids is 1. The number of likely N-dealkylation sites (tertiary alicyclic amines) is 1. The minimum atomic E-state index is 0.286. The molecule has 2 N–H and O–H groups in total. The highest BCUT2D eigenvalue weighted by atomic mass is 16.5. The number of rotatable bonds is 9. The van der Waals surface area contributed by atoms with Gasteiger partial charge >= 0.3 is 0 Å². The largest absolute Gasteiger partial charge is 0.474 e. The van der Waals surface area contributed by atoms with Crippen molar-refractivity contribution in [3.05, 3.63) is 23.9 Å². The van der Waals surface area contributed by atoms with E-state index in [0.717, 1.165) is 63.4 Å². The lowest BCUT2D eigenvalue weighted by Crippen LogP contribution is -2.39. The molecule has 0 aromatic carbocycles. The van der Waals surface area contributed by atoms with Crippen molar-refractivity contribution in [2.24, 2.45) is 4.99 Å². The summed E-state index contributed by atoms with van der Waals surface area (Å²) in [7, 11) is 0. The number of amides is 1. The summed E-state index contributed by atoms with van der Waals surface area (Å²) in [6, 6.07) is 3.97. The van der Waals surface area contributed by atoms with E-state index >= 15 is 0 Å². The van der Waals surface area contributed by atoms with Crippen LogP contribution in [0, 0.1) is 0 Å². The Morgan fingerprint density at radius 1 is 1.32 bits per heavy atom. The first-order valence-electron chi connectivity index (χ1n) is 10.7. The van der Waals surface area contributed by atoms with Gasteiger partial charge in [0.15, 0.2) is 5.96 Å². The monoisotopic (exact) mass is 387 g/mol. The predicted molar refractivity (Wildman–Crippen MR) is 110 cm³/mol. The highest BCUT2D eigenvalue weighted by Gasteiger charge is 2.19. The topological polar surface area (TPSA) is 78.9 Å². The minimum Gasteiger partial charge on any atom is -0.474 e. The predicted octanol–water partition coefficient (Wildman–Crippen LogP) is 2.47. The summed E-state index contributed by atoms with van der Waals surface area (Å²) in [5.74, 6) is 1.78. The van der Waals surface area contributed by atoms with Gasteiger partial charge in [-0.25, -0.2) is 9.98 Å². The van der Waals surface area contributed by atoms with Crippen LogP contribution in [-0.2, 0) is 11.3 Å². The fourth-order valence-electron chi connectivity index (χ4n) is 3.72. The van der Waals surface area contributed by atoms with Crippen molar-refractivity contribution < 1.29 is 9.53 Å². The van der Waals surface area contributed by atoms with Crippen LogP contribution in [0.25, 0.3) is 0 Å². The highest BCUT2D eigenvalue weighted by molar-refractivity contribution is 5.79. The lowest BCUT2D eigenvalue weighted by molar-refractivity contribution is -0.127. The molecule has 1 aliphatic heterocycles. The molecule has 1 aromatic rings. The third kappa shape index (κ3) is 6.39. The number of carbonyl (C=O) groups is 1. The molecule has 0 radical (unpaired) electrons. The van der Waals surface area contributed by atoms with Gasteiger partial charge in [0.25, 0.3) is 0 Å². The van der Waals surface area contributed by atoms with E-state index in [2.05, 4.69) is 27.5 Å². The van der Waals surface area contributed by atoms with Crippen LogP contribution in [0.1, 0.15) is 57.4 Å². The third-order valence-corrected chi connectivity index (χ3v) is 5.22. The molecule has 0 spiro atoms. The molecule has 0 bridgehead atoms. The molecule has 7 heteroatoms. The minimum absolute atomic E-state index is 0.286. The Balaban J connectivity index is 1.45. The van der Waals surface area contributed by atoms with Gasteiger partial charge in [0, 0.05) is 44.9 Å². The van der Waals surface area contributed by atoms with Crippen molar-refractivity contribution in [1.82, 2.24) is 20.5 Å². The molecule has 3 rings (SSSR count). The summed E-state index contributed by atoms with van der Waals surface area (Å²) in [5.41, 5.74) is 1.09. The van der Waals surface area contributed by atoms with E-state index in [-0.39, 0.29) is 5.91 Å². The normalized spacial score (nSPS) is 18.0. The van der Waals surface area contributed by atoms with Crippen LogP contribution in [0.3, 0.4) is 0 Å². The maximum absolute atomic E-state index is 11.7. The standard InChI is InChI=1S/C21H33N5O2/c1-2-22-21(24-11-6-14-26-13-5-9-20(26)27)25-16-17-10-12-23-19(15-17)28-18-7-3-4-8-18/h10,12,15,18H,2-9,11,13-14,16H2,1H3,(H2,22,24,25). The van der Waals surface area contributed by atoms with E-state index in [1.807, 2.05) is 17.0 Å². The molecule has 2 fully saturated rings. The van der Waals surface area contributed by atoms with Gasteiger partial charge in [-0.3, -0.25) is 4.79 Å². The number of ether oxygens (including phenoxy) is 1. The summed E-state index contributed by atoms with van der Waals surface area (Å²) in [6.07, 6.45) is 9.48. The molecule has 0 unspecified atom stereocenters. The Labute approximate surface area is 168 Å². The molecule has 28 heavy (non-hydrogen) atoms. The van der Waals surface area contributed by atoms with Crippen LogP contribution in [0.5, 0.6) is 5.88 Å². The van der Waals surface area contributed by atoms with Crippen molar-refractivity contribution in [1.29, 1.82) is 0 Å². The summed E-state index contributed by atoms with van der Waals surface area (Å²) < 4.78 is 5.98. The van der Waals surface area contributed by atoms with Gasteiger partial charge in [0.1, 0.15) is 6.10 Å². The molecular formula is C21H33N5O2. The van der Waals surface area contributed by atoms with E-state index in [1.54, 1.807) is 6.20 Å². The number of aromatic nitrogens is 1. The van der Waals surface area contributed by atoms with Gasteiger partial charge in [0.05, 0.1) is 6.54 Å². The van der Waals surface area contributed by atoms with Crippen LogP contribution in [-0.4, -0.2) is 54.0 Å². The zero-order valence-corrected chi connectivity index (χ0v) is 17.0. The first-order chi connectivity index (χ1) is 13.7. The molecule has 154 valence electrons. The summed E-state index contributed by atoms with van der Waals surface area (Å²) in [6.45, 7) is 5.95. The van der Waals surface area contributed by atoms with E-state index < -0.39 is 0 Å². The average Bonchev–Trinajstić information content (AvgIpc) is 3.35. The number of pyridine rings is 1. The van der Waals surface area contributed by atoms with Gasteiger partial charge < -0.3 is 20.3 Å². The average molecular weight is 388 g/mol. The Hall–Kier alpha value is -2.31. The second-order valence-electron chi connectivity index (χ2n) is 7.49. The van der Waals surface area contributed by atoms with Gasteiger partial charge in [-0.15, -0.1) is 0 Å². The summed E-state index contributed by atoms with van der Waals surface area (Å²) in [4.78, 5) is 22.6. The molecule has 0 atom stereocenters. The van der Waals surface area contributed by atoms with Gasteiger partial charge in [-0.1, -0.05) is 0 Å². The Bertz CT molecular complexity index is 658. The molecule has 2 aliphatic rings. The van der Waals surface area contributed by atoms with Gasteiger partial charge in [0.2, 0.25) is 11.8 Å². The first kappa shape index (κ1) is 20.4. The summed E-state index contributed by atoms with van der Waals surface area (Å²) in [5, 5.41) is 6.63. The number of guanidine groups is 1. The van der Waals surface area contributed by atoms with Crippen LogP contribution in [0.4, 0.5) is 0 Å². The molecule has 1 amide bonds. The van der Waals surface area contributed by atoms with Crippen molar-refractivity contribution in [3.8, 4) is 5.88 Å². The second-order valence-corrected chi connectivity index (χ2v) is 7.49. The lowest BCUT2D eigenvalue weighted by atomic mass is 10.2. The van der Waals surface area contributed by atoms with Crippen molar-refractivity contribution >= 4 is 11.9 Å². The van der Waals surface area contributed by atoms with E-state index in [4.69, 9.17) is 4.74 Å². The molecule has 1 saturated carbocycles. The molecule has 1 saturated heterocycles. The lowest BCUT2D eigenvalue weighted by Gasteiger charge is -2.16. The number of nitrogens with one attached hydrogen (secondary N) is 2. The van der Waals surface area contributed by atoms with E-state index in [9.17, 15) is 4.79 Å². The Morgan fingerprint density at radius 2 is 2.18 bits per heavy atom. The zero-order chi connectivity index (χ0) is 19.6. The molecule has 1 aliphatic carbocycles. The van der Waals surface area contributed by atoms with Crippen LogP contribution in [0.2, 0.25) is 0 Å². The zero-order valence-electron chi connectivity index (χ0n) is 17.0. The van der Waals surface area contributed by atoms with Crippen molar-refractivity contribution in [3.63, 3.8) is 0 Å². The smallest absolute Gasteiger partial charge is 0.222 e. The molecular weight excluding hydrogens is 354 g/mol. The maximum Gasteiger partial charge on any atom is 0.222 e. The van der Waals surface area contributed by atoms with Gasteiger partial charge in [-0.2, -0.15) is 0 Å². The molecule has 2 heterocycles. The molecule has 7 nitrogen and oxygen atoms in total. The van der Waals surface area contributed by atoms with E-state index in [1.165, 1.54) is 12.8 Å². The Kier molecular flexibility index (Phi) is 7.94. The number of nitrogens with zero attached hydrogens (tertiary/aromatic N) is 3. The van der Waals surface area contributed by atoms with Crippen molar-refractivity contribution in [2.75, 3.05) is 26.2 Å². The van der Waals surface area contributed by atoms with Crippen molar-refractivity contribution in [2.45, 2.75) is 64.5 Å². The number of aliphatic imine (C=N–C) groups is 1. The Morgan fingerprint density at radius 3 is 2.93 bits per heavy atom.